The Bertz CT molecular complexity index is 1230. The lowest BCUT2D eigenvalue weighted by Crippen LogP contribution is -2.47. The average molecular weight is 437 g/mol. The van der Waals surface area contributed by atoms with Crippen LogP contribution in [0.4, 0.5) is 20.6 Å². The van der Waals surface area contributed by atoms with Gasteiger partial charge in [-0.3, -0.25) is 4.98 Å². The molecule has 1 aromatic carbocycles. The van der Waals surface area contributed by atoms with Gasteiger partial charge in [-0.2, -0.15) is 0 Å². The van der Waals surface area contributed by atoms with E-state index >= 15 is 4.39 Å². The van der Waals surface area contributed by atoms with Crippen molar-refractivity contribution in [1.29, 1.82) is 0 Å². The first kappa shape index (κ1) is 20.4. The summed E-state index contributed by atoms with van der Waals surface area (Å²) in [5.41, 5.74) is 9.92. The van der Waals surface area contributed by atoms with E-state index in [0.717, 1.165) is 36.3 Å². The molecule has 32 heavy (non-hydrogen) atoms. The van der Waals surface area contributed by atoms with Gasteiger partial charge in [0, 0.05) is 47.6 Å². The van der Waals surface area contributed by atoms with Crippen LogP contribution in [0.25, 0.3) is 21.9 Å². The number of nitrogens with one attached hydrogen (secondary N) is 2. The van der Waals surface area contributed by atoms with E-state index < -0.39 is 11.9 Å². The highest BCUT2D eigenvalue weighted by Crippen LogP contribution is 2.38. The SMILES string of the molecule is Cc1c(-c2cc3cc(OC(=O)NC4CC(O)C4)ncc3c(N)c2F)cnc2c1NCCC2. The van der Waals surface area contributed by atoms with E-state index in [9.17, 15) is 9.90 Å². The molecule has 0 bridgehead atoms. The zero-order chi connectivity index (χ0) is 22.4. The van der Waals surface area contributed by atoms with Gasteiger partial charge in [0.05, 0.1) is 23.2 Å². The van der Waals surface area contributed by atoms with Crippen LogP contribution in [0.15, 0.2) is 24.5 Å². The number of nitrogens with zero attached hydrogens (tertiary/aromatic N) is 2. The molecule has 1 aliphatic carbocycles. The van der Waals surface area contributed by atoms with Crippen molar-refractivity contribution in [3.63, 3.8) is 0 Å². The number of halogens is 1. The molecule has 3 aromatic rings. The fourth-order valence-corrected chi connectivity index (χ4v) is 4.35. The van der Waals surface area contributed by atoms with Gasteiger partial charge in [0.25, 0.3) is 0 Å². The van der Waals surface area contributed by atoms with E-state index in [0.29, 0.717) is 34.7 Å². The van der Waals surface area contributed by atoms with E-state index in [1.165, 1.54) is 6.20 Å². The smallest absolute Gasteiger partial charge is 0.396 e. The molecule has 2 aromatic heterocycles. The topological polar surface area (TPSA) is 122 Å². The van der Waals surface area contributed by atoms with Crippen molar-refractivity contribution in [3.05, 3.63) is 41.6 Å². The van der Waals surface area contributed by atoms with Crippen LogP contribution < -0.4 is 21.1 Å². The quantitative estimate of drug-likeness (QED) is 0.464. The number of aliphatic hydroxyl groups excluding tert-OH is 1. The second kappa shape index (κ2) is 7.90. The number of ether oxygens (including phenoxy) is 1. The van der Waals surface area contributed by atoms with Gasteiger partial charge in [-0.15, -0.1) is 0 Å². The Morgan fingerprint density at radius 3 is 2.88 bits per heavy atom. The van der Waals surface area contributed by atoms with Crippen molar-refractivity contribution in [1.82, 2.24) is 15.3 Å². The zero-order valence-electron chi connectivity index (χ0n) is 17.6. The molecule has 2 aliphatic rings. The van der Waals surface area contributed by atoms with Crippen molar-refractivity contribution in [2.45, 2.75) is 44.8 Å². The number of carbonyl (C=O) groups is 1. The Labute approximate surface area is 184 Å². The molecule has 0 saturated heterocycles. The van der Waals surface area contributed by atoms with Crippen LogP contribution in [-0.2, 0) is 6.42 Å². The molecule has 1 fully saturated rings. The molecule has 1 amide bonds. The molecule has 166 valence electrons. The number of rotatable bonds is 3. The summed E-state index contributed by atoms with van der Waals surface area (Å²) >= 11 is 0. The van der Waals surface area contributed by atoms with Crippen LogP contribution in [0.1, 0.15) is 30.5 Å². The molecular weight excluding hydrogens is 413 g/mol. The number of nitrogen functional groups attached to an aromatic ring is 1. The van der Waals surface area contributed by atoms with Crippen LogP contribution in [0.2, 0.25) is 0 Å². The highest BCUT2D eigenvalue weighted by atomic mass is 19.1. The third kappa shape index (κ3) is 3.58. The largest absolute Gasteiger partial charge is 0.414 e. The predicted octanol–water partition coefficient (Wildman–Crippen LogP) is 3.30. The Kier molecular flexibility index (Phi) is 5.05. The molecule has 0 atom stereocenters. The summed E-state index contributed by atoms with van der Waals surface area (Å²) in [6.45, 7) is 2.80. The van der Waals surface area contributed by atoms with Gasteiger partial charge < -0.3 is 26.2 Å². The number of fused-ring (bicyclic) bond motifs is 2. The number of benzene rings is 1. The lowest BCUT2D eigenvalue weighted by Gasteiger charge is -2.31. The van der Waals surface area contributed by atoms with Gasteiger partial charge in [-0.05, 0) is 49.6 Å². The minimum absolute atomic E-state index is 0.0189. The second-order valence-corrected chi connectivity index (χ2v) is 8.40. The maximum Gasteiger partial charge on any atom is 0.414 e. The van der Waals surface area contributed by atoms with Crippen molar-refractivity contribution in [3.8, 4) is 17.0 Å². The summed E-state index contributed by atoms with van der Waals surface area (Å²) < 4.78 is 20.5. The summed E-state index contributed by atoms with van der Waals surface area (Å²) in [7, 11) is 0. The highest BCUT2D eigenvalue weighted by Gasteiger charge is 2.29. The van der Waals surface area contributed by atoms with Crippen LogP contribution >= 0.6 is 0 Å². The lowest BCUT2D eigenvalue weighted by atomic mass is 9.90. The molecule has 8 nitrogen and oxygen atoms in total. The van der Waals surface area contributed by atoms with Crippen LogP contribution in [0, 0.1) is 12.7 Å². The first-order valence-corrected chi connectivity index (χ1v) is 10.7. The summed E-state index contributed by atoms with van der Waals surface area (Å²) in [6.07, 6.45) is 4.96. The first-order valence-electron chi connectivity index (χ1n) is 10.7. The Hall–Kier alpha value is -3.46. The molecular formula is C23H24FN5O3. The van der Waals surface area contributed by atoms with Crippen LogP contribution in [0.5, 0.6) is 5.88 Å². The summed E-state index contributed by atoms with van der Waals surface area (Å²) in [5.74, 6) is -0.455. The first-order chi connectivity index (χ1) is 15.4. The number of carbonyl (C=O) groups excluding carboxylic acids is 1. The fraction of sp³-hybridized carbons (Fsp3) is 0.348. The van der Waals surface area contributed by atoms with Gasteiger partial charge in [-0.25, -0.2) is 14.2 Å². The molecule has 3 heterocycles. The molecule has 1 saturated carbocycles. The maximum atomic E-state index is 15.2. The fourth-order valence-electron chi connectivity index (χ4n) is 4.35. The summed E-state index contributed by atoms with van der Waals surface area (Å²) in [5, 5.41) is 16.4. The minimum Gasteiger partial charge on any atom is -0.396 e. The molecule has 5 N–H and O–H groups in total. The second-order valence-electron chi connectivity index (χ2n) is 8.40. The summed E-state index contributed by atoms with van der Waals surface area (Å²) in [6, 6.07) is 3.13. The number of aryl methyl sites for hydroxylation is 1. The lowest BCUT2D eigenvalue weighted by molar-refractivity contribution is 0.0630. The minimum atomic E-state index is -0.648. The van der Waals surface area contributed by atoms with Crippen molar-refractivity contribution in [2.24, 2.45) is 0 Å². The molecule has 1 aliphatic heterocycles. The standard InChI is InChI=1S/C23H24FN5O3/c1-11-16(9-27-18-3-2-4-26-22(11)18)15-5-12-6-19(28-10-17(12)21(25)20(15)24)32-23(31)29-13-7-14(30)8-13/h5-6,9-10,13-14,26,30H,2-4,7-8,25H2,1H3,(H,29,31). The van der Waals surface area contributed by atoms with Gasteiger partial charge in [0.1, 0.15) is 0 Å². The number of nitrogens with two attached hydrogens (primary N) is 1. The van der Waals surface area contributed by atoms with Gasteiger partial charge in [-0.1, -0.05) is 0 Å². The predicted molar refractivity (Wildman–Crippen MR) is 119 cm³/mol. The van der Waals surface area contributed by atoms with E-state index in [1.54, 1.807) is 18.3 Å². The third-order valence-corrected chi connectivity index (χ3v) is 6.21. The van der Waals surface area contributed by atoms with Crippen molar-refractivity contribution >= 4 is 28.2 Å². The Morgan fingerprint density at radius 2 is 2.09 bits per heavy atom. The van der Waals surface area contributed by atoms with Gasteiger partial charge in [0.15, 0.2) is 5.82 Å². The molecule has 0 spiro atoms. The number of hydrogen-bond acceptors (Lipinski definition) is 7. The number of aliphatic hydroxyl groups is 1. The monoisotopic (exact) mass is 437 g/mol. The average Bonchev–Trinajstić information content (AvgIpc) is 2.76. The zero-order valence-corrected chi connectivity index (χ0v) is 17.6. The van der Waals surface area contributed by atoms with E-state index in [1.807, 2.05) is 6.92 Å². The van der Waals surface area contributed by atoms with Gasteiger partial charge in [0.2, 0.25) is 5.88 Å². The van der Waals surface area contributed by atoms with Crippen LogP contribution in [0.3, 0.4) is 0 Å². The third-order valence-electron chi connectivity index (χ3n) is 6.21. The number of aromatic nitrogens is 2. The molecule has 5 rings (SSSR count). The molecule has 9 heteroatoms. The highest BCUT2D eigenvalue weighted by molar-refractivity contribution is 5.98. The number of amides is 1. The number of hydrogen-bond donors (Lipinski definition) is 4. The van der Waals surface area contributed by atoms with Crippen molar-refractivity contribution < 1.29 is 19.0 Å². The van der Waals surface area contributed by atoms with Gasteiger partial charge >= 0.3 is 6.09 Å². The normalized spacial score (nSPS) is 19.6. The maximum absolute atomic E-state index is 15.2. The molecule has 0 radical (unpaired) electrons. The van der Waals surface area contributed by atoms with E-state index in [2.05, 4.69) is 20.6 Å². The summed E-state index contributed by atoms with van der Waals surface area (Å²) in [4.78, 5) is 20.7. The van der Waals surface area contributed by atoms with E-state index in [-0.39, 0.29) is 23.7 Å². The van der Waals surface area contributed by atoms with E-state index in [4.69, 9.17) is 10.5 Å². The van der Waals surface area contributed by atoms with Crippen molar-refractivity contribution in [2.75, 3.05) is 17.6 Å². The Balaban J connectivity index is 1.49. The number of anilines is 2. The number of pyridine rings is 2. The van der Waals surface area contributed by atoms with Crippen LogP contribution in [-0.4, -0.2) is 39.9 Å². The Morgan fingerprint density at radius 1 is 1.28 bits per heavy atom. The molecule has 0 unspecified atom stereocenters.